The second-order valence-electron chi connectivity index (χ2n) is 8.65. The van der Waals surface area contributed by atoms with Crippen molar-refractivity contribution in [2.24, 2.45) is 0 Å². The normalized spacial score (nSPS) is 16.2. The Hall–Kier alpha value is -3.63. The summed E-state index contributed by atoms with van der Waals surface area (Å²) in [5.41, 5.74) is 3.79. The van der Waals surface area contributed by atoms with Crippen LogP contribution in [0.3, 0.4) is 0 Å². The molecular weight excluding hydrogens is 487 g/mol. The van der Waals surface area contributed by atoms with Crippen LogP contribution in [0.2, 0.25) is 0 Å². The number of benzene rings is 2. The number of amides is 1. The Labute approximate surface area is 212 Å². The topological polar surface area (TPSA) is 74.6 Å². The zero-order valence-corrected chi connectivity index (χ0v) is 20.3. The predicted octanol–water partition coefficient (Wildman–Crippen LogP) is 5.14. The van der Waals surface area contributed by atoms with Gasteiger partial charge in [-0.15, -0.1) is 0 Å². The first kappa shape index (κ1) is 26.4. The highest BCUT2D eigenvalue weighted by molar-refractivity contribution is 5.90. The number of methoxy groups -OCH3 is 1. The molecule has 1 atom stereocenters. The molecule has 1 N–H and O–H groups in total. The number of hydrogen-bond acceptors (Lipinski definition) is 5. The van der Waals surface area contributed by atoms with E-state index in [1.807, 2.05) is 0 Å². The highest BCUT2D eigenvalue weighted by atomic mass is 19.4. The van der Waals surface area contributed by atoms with Gasteiger partial charge in [0.05, 0.1) is 7.11 Å². The number of alkyl halides is 3. The summed E-state index contributed by atoms with van der Waals surface area (Å²) < 4.78 is 52.2. The summed E-state index contributed by atoms with van der Waals surface area (Å²) >= 11 is 0. The van der Waals surface area contributed by atoms with Crippen LogP contribution in [0.1, 0.15) is 47.5 Å². The molecule has 0 bridgehead atoms. The van der Waals surface area contributed by atoms with Crippen LogP contribution >= 0.6 is 0 Å². The molecule has 1 aliphatic heterocycles. The molecule has 1 fully saturated rings. The van der Waals surface area contributed by atoms with Gasteiger partial charge in [-0.3, -0.25) is 4.79 Å². The van der Waals surface area contributed by atoms with Gasteiger partial charge in [0.2, 0.25) is 0 Å². The maximum Gasteiger partial charge on any atom is 0.434 e. The fourth-order valence-electron chi connectivity index (χ4n) is 3.86. The first-order valence-corrected chi connectivity index (χ1v) is 11.9. The average Bonchev–Trinajstić information content (AvgIpc) is 3.31. The minimum atomic E-state index is -4.54. The lowest BCUT2D eigenvalue weighted by Crippen LogP contribution is -2.32. The third-order valence-corrected chi connectivity index (χ3v) is 5.86. The van der Waals surface area contributed by atoms with E-state index in [9.17, 15) is 18.0 Å². The monoisotopic (exact) mass is 515 g/mol. The number of nitrogens with zero attached hydrogens (tertiary/aromatic N) is 2. The van der Waals surface area contributed by atoms with Crippen LogP contribution in [0.5, 0.6) is 5.75 Å². The van der Waals surface area contributed by atoms with Crippen molar-refractivity contribution in [3.8, 4) is 5.75 Å². The maximum atomic E-state index is 13.4. The lowest BCUT2D eigenvalue weighted by atomic mass is 10.1. The molecule has 1 aromatic heterocycles. The zero-order chi connectivity index (χ0) is 26.3. The van der Waals surface area contributed by atoms with Crippen molar-refractivity contribution < 1.29 is 32.3 Å². The van der Waals surface area contributed by atoms with Crippen molar-refractivity contribution >= 4 is 12.0 Å². The van der Waals surface area contributed by atoms with Crippen LogP contribution < -0.4 is 10.2 Å². The quantitative estimate of drug-likeness (QED) is 0.316. The van der Waals surface area contributed by atoms with E-state index in [1.165, 1.54) is 10.6 Å². The standard InChI is InChI=1S/C27H28F3N3O4/c1-35-22-12-9-21(10-13-22)17-33-18-23(27(28,29)30)31-24(33)16-20-7-5-19(6-8-20)11-14-25(34)32-37-26-4-2-3-15-36-26/h5-14,18,26H,2-4,15-17H2,1H3,(H,32,34)/b14-11+. The second kappa shape index (κ2) is 12.1. The van der Waals surface area contributed by atoms with Gasteiger partial charge in [-0.2, -0.15) is 13.2 Å². The zero-order valence-electron chi connectivity index (χ0n) is 20.3. The SMILES string of the molecule is COc1ccc(Cn2cc(C(F)(F)F)nc2Cc2ccc(/C=C/C(=O)NOC3CCCCO3)cc2)cc1. The van der Waals surface area contributed by atoms with E-state index in [0.717, 1.165) is 42.1 Å². The van der Waals surface area contributed by atoms with Crippen molar-refractivity contribution in [2.75, 3.05) is 13.7 Å². The molecule has 2 aromatic carbocycles. The van der Waals surface area contributed by atoms with Gasteiger partial charge in [0.15, 0.2) is 12.0 Å². The average molecular weight is 516 g/mol. The molecular formula is C27H28F3N3O4. The molecule has 1 aliphatic rings. The third-order valence-electron chi connectivity index (χ3n) is 5.86. The highest BCUT2D eigenvalue weighted by Crippen LogP contribution is 2.29. The molecule has 196 valence electrons. The predicted molar refractivity (Wildman–Crippen MR) is 130 cm³/mol. The molecule has 0 spiro atoms. The fraction of sp³-hybridized carbons (Fsp3) is 0.333. The Balaban J connectivity index is 1.40. The van der Waals surface area contributed by atoms with E-state index in [0.29, 0.717) is 18.2 Å². The van der Waals surface area contributed by atoms with Crippen molar-refractivity contribution in [1.29, 1.82) is 0 Å². The summed E-state index contributed by atoms with van der Waals surface area (Å²) in [5, 5.41) is 0. The number of ether oxygens (including phenoxy) is 2. The number of halogens is 3. The molecule has 0 radical (unpaired) electrons. The van der Waals surface area contributed by atoms with Crippen LogP contribution in [0.15, 0.2) is 60.8 Å². The molecule has 1 saturated heterocycles. The Bertz CT molecular complexity index is 1200. The van der Waals surface area contributed by atoms with Crippen molar-refractivity contribution in [3.05, 3.63) is 89.0 Å². The van der Waals surface area contributed by atoms with Gasteiger partial charge in [-0.05, 0) is 47.7 Å². The molecule has 37 heavy (non-hydrogen) atoms. The minimum Gasteiger partial charge on any atom is -0.497 e. The van der Waals surface area contributed by atoms with Crippen LogP contribution in [0.4, 0.5) is 13.2 Å². The van der Waals surface area contributed by atoms with Gasteiger partial charge >= 0.3 is 6.18 Å². The Kier molecular flexibility index (Phi) is 8.62. The smallest absolute Gasteiger partial charge is 0.434 e. The number of carbonyl (C=O) groups is 1. The maximum absolute atomic E-state index is 13.4. The highest BCUT2D eigenvalue weighted by Gasteiger charge is 2.34. The van der Waals surface area contributed by atoms with E-state index < -0.39 is 24.1 Å². The molecule has 4 rings (SSSR count). The third kappa shape index (κ3) is 7.68. The van der Waals surface area contributed by atoms with Crippen molar-refractivity contribution in [3.63, 3.8) is 0 Å². The number of aromatic nitrogens is 2. The van der Waals surface area contributed by atoms with Crippen molar-refractivity contribution in [2.45, 2.75) is 44.7 Å². The Morgan fingerprint density at radius 2 is 1.86 bits per heavy atom. The van der Waals surface area contributed by atoms with Gasteiger partial charge in [0.1, 0.15) is 11.6 Å². The van der Waals surface area contributed by atoms with E-state index in [-0.39, 0.29) is 13.0 Å². The molecule has 3 aromatic rings. The molecule has 10 heteroatoms. The first-order valence-electron chi connectivity index (χ1n) is 11.9. The second-order valence-corrected chi connectivity index (χ2v) is 8.65. The molecule has 0 saturated carbocycles. The molecule has 1 unspecified atom stereocenters. The lowest BCUT2D eigenvalue weighted by molar-refractivity contribution is -0.198. The number of imidazole rings is 1. The van der Waals surface area contributed by atoms with E-state index in [4.69, 9.17) is 14.3 Å². The van der Waals surface area contributed by atoms with Crippen LogP contribution in [-0.2, 0) is 33.5 Å². The number of carbonyl (C=O) groups excluding carboxylic acids is 1. The van der Waals surface area contributed by atoms with Gasteiger partial charge in [-0.1, -0.05) is 36.4 Å². The number of rotatable bonds is 9. The summed E-state index contributed by atoms with van der Waals surface area (Å²) in [6, 6.07) is 14.3. The van der Waals surface area contributed by atoms with Gasteiger partial charge < -0.3 is 14.0 Å². The molecule has 2 heterocycles. The fourth-order valence-corrected chi connectivity index (χ4v) is 3.86. The van der Waals surface area contributed by atoms with E-state index in [1.54, 1.807) is 61.7 Å². The van der Waals surface area contributed by atoms with Gasteiger partial charge in [0.25, 0.3) is 5.91 Å². The number of hydrogen-bond donors (Lipinski definition) is 1. The van der Waals surface area contributed by atoms with E-state index >= 15 is 0 Å². The van der Waals surface area contributed by atoms with Crippen LogP contribution in [0.25, 0.3) is 6.08 Å². The number of nitrogens with one attached hydrogen (secondary N) is 1. The largest absolute Gasteiger partial charge is 0.497 e. The first-order chi connectivity index (χ1) is 17.8. The molecule has 0 aliphatic carbocycles. The Morgan fingerprint density at radius 1 is 1.14 bits per heavy atom. The Morgan fingerprint density at radius 3 is 2.51 bits per heavy atom. The van der Waals surface area contributed by atoms with E-state index in [2.05, 4.69) is 10.5 Å². The number of hydroxylamine groups is 1. The van der Waals surface area contributed by atoms with Crippen LogP contribution in [0, 0.1) is 0 Å². The summed E-state index contributed by atoms with van der Waals surface area (Å²) in [7, 11) is 1.55. The summed E-state index contributed by atoms with van der Waals surface area (Å²) in [5.74, 6) is 0.550. The lowest BCUT2D eigenvalue weighted by Gasteiger charge is -2.21. The van der Waals surface area contributed by atoms with Gasteiger partial charge in [-0.25, -0.2) is 15.3 Å². The summed E-state index contributed by atoms with van der Waals surface area (Å²) in [6.45, 7) is 0.855. The van der Waals surface area contributed by atoms with Crippen LogP contribution in [-0.4, -0.2) is 35.5 Å². The minimum absolute atomic E-state index is 0.214. The summed E-state index contributed by atoms with van der Waals surface area (Å²) in [4.78, 5) is 21.1. The molecule has 1 amide bonds. The van der Waals surface area contributed by atoms with Crippen molar-refractivity contribution in [1.82, 2.24) is 15.0 Å². The molecule has 7 nitrogen and oxygen atoms in total. The van der Waals surface area contributed by atoms with Gasteiger partial charge in [0, 0.05) is 38.3 Å². The summed E-state index contributed by atoms with van der Waals surface area (Å²) in [6.07, 6.45) is 1.95.